The summed E-state index contributed by atoms with van der Waals surface area (Å²) < 4.78 is 0. The molecule has 0 saturated heterocycles. The van der Waals surface area contributed by atoms with E-state index in [9.17, 15) is 4.79 Å². The van der Waals surface area contributed by atoms with Gasteiger partial charge in [0.2, 0.25) is 0 Å². The van der Waals surface area contributed by atoms with Crippen molar-refractivity contribution in [3.63, 3.8) is 0 Å². The molecule has 0 heterocycles. The van der Waals surface area contributed by atoms with Gasteiger partial charge in [-0.3, -0.25) is 4.79 Å². The smallest absolute Gasteiger partial charge is 0.303 e. The van der Waals surface area contributed by atoms with Crippen molar-refractivity contribution in [3.8, 4) is 0 Å². The van der Waals surface area contributed by atoms with Crippen molar-refractivity contribution in [1.29, 1.82) is 0 Å². The zero-order valence-electron chi connectivity index (χ0n) is 8.09. The molecule has 2 heteroatoms. The molecular formula is C11H18O2. The highest BCUT2D eigenvalue weighted by Crippen LogP contribution is 2.62. The SMILES string of the molecule is O=C(O)CCC1CC12CCCCC2. The number of carboxylic acid groups (broad SMARTS) is 1. The van der Waals surface area contributed by atoms with Gasteiger partial charge in [-0.2, -0.15) is 0 Å². The molecule has 1 N–H and O–H groups in total. The molecule has 0 aromatic carbocycles. The lowest BCUT2D eigenvalue weighted by atomic mass is 9.84. The average molecular weight is 182 g/mol. The number of carbonyl (C=O) groups is 1. The molecule has 0 radical (unpaired) electrons. The molecule has 74 valence electrons. The first-order chi connectivity index (χ1) is 6.23. The Hall–Kier alpha value is -0.530. The van der Waals surface area contributed by atoms with E-state index in [2.05, 4.69) is 0 Å². The van der Waals surface area contributed by atoms with Crippen LogP contribution in [0.25, 0.3) is 0 Å². The number of carboxylic acids is 1. The molecule has 2 nitrogen and oxygen atoms in total. The van der Waals surface area contributed by atoms with Crippen LogP contribution in [-0.2, 0) is 4.79 Å². The molecule has 1 unspecified atom stereocenters. The van der Waals surface area contributed by atoms with E-state index in [0.717, 1.165) is 12.3 Å². The van der Waals surface area contributed by atoms with E-state index in [1.165, 1.54) is 38.5 Å². The van der Waals surface area contributed by atoms with E-state index in [-0.39, 0.29) is 0 Å². The Balaban J connectivity index is 1.76. The van der Waals surface area contributed by atoms with E-state index < -0.39 is 5.97 Å². The van der Waals surface area contributed by atoms with Crippen molar-refractivity contribution in [1.82, 2.24) is 0 Å². The molecule has 1 spiro atoms. The molecule has 1 atom stereocenters. The van der Waals surface area contributed by atoms with E-state index in [1.807, 2.05) is 0 Å². The maximum absolute atomic E-state index is 10.4. The quantitative estimate of drug-likeness (QED) is 0.728. The molecule has 13 heavy (non-hydrogen) atoms. The fourth-order valence-electron chi connectivity index (χ4n) is 3.01. The molecule has 0 bridgehead atoms. The van der Waals surface area contributed by atoms with Crippen LogP contribution in [0.3, 0.4) is 0 Å². The Morgan fingerprint density at radius 2 is 2.00 bits per heavy atom. The van der Waals surface area contributed by atoms with Crippen LogP contribution in [-0.4, -0.2) is 11.1 Å². The minimum Gasteiger partial charge on any atom is -0.481 e. The molecule has 2 rings (SSSR count). The topological polar surface area (TPSA) is 37.3 Å². The van der Waals surface area contributed by atoms with E-state index in [4.69, 9.17) is 5.11 Å². The largest absolute Gasteiger partial charge is 0.481 e. The van der Waals surface area contributed by atoms with Gasteiger partial charge in [-0.1, -0.05) is 19.3 Å². The third-order valence-corrected chi connectivity index (χ3v) is 3.91. The summed E-state index contributed by atoms with van der Waals surface area (Å²) in [6.07, 6.45) is 9.52. The lowest BCUT2D eigenvalue weighted by molar-refractivity contribution is -0.137. The molecule has 2 saturated carbocycles. The van der Waals surface area contributed by atoms with Crippen molar-refractivity contribution in [3.05, 3.63) is 0 Å². The van der Waals surface area contributed by atoms with Crippen LogP contribution in [0, 0.1) is 11.3 Å². The molecule has 2 fully saturated rings. The average Bonchev–Trinajstić information content (AvgIpc) is 2.77. The van der Waals surface area contributed by atoms with Crippen LogP contribution in [0.15, 0.2) is 0 Å². The first-order valence-corrected chi connectivity index (χ1v) is 5.45. The van der Waals surface area contributed by atoms with Gasteiger partial charge in [0, 0.05) is 6.42 Å². The minimum atomic E-state index is -0.627. The summed E-state index contributed by atoms with van der Waals surface area (Å²) in [4.78, 5) is 10.4. The Labute approximate surface area is 79.3 Å². The van der Waals surface area contributed by atoms with Crippen molar-refractivity contribution in [2.45, 2.75) is 51.4 Å². The maximum Gasteiger partial charge on any atom is 0.303 e. The molecule has 0 aromatic heterocycles. The third kappa shape index (κ3) is 1.87. The Morgan fingerprint density at radius 3 is 2.62 bits per heavy atom. The number of hydrogen-bond acceptors (Lipinski definition) is 1. The zero-order valence-corrected chi connectivity index (χ0v) is 8.09. The van der Waals surface area contributed by atoms with Crippen molar-refractivity contribution in [2.75, 3.05) is 0 Å². The van der Waals surface area contributed by atoms with E-state index in [1.54, 1.807) is 0 Å². The van der Waals surface area contributed by atoms with Gasteiger partial charge in [-0.15, -0.1) is 0 Å². The lowest BCUT2D eigenvalue weighted by Gasteiger charge is -2.22. The minimum absolute atomic E-state index is 0.381. The fraction of sp³-hybridized carbons (Fsp3) is 0.909. The molecule has 2 aliphatic rings. The Morgan fingerprint density at radius 1 is 1.31 bits per heavy atom. The summed E-state index contributed by atoms with van der Waals surface area (Å²) in [6, 6.07) is 0. The van der Waals surface area contributed by atoms with Crippen LogP contribution >= 0.6 is 0 Å². The lowest BCUT2D eigenvalue weighted by Crippen LogP contribution is -2.10. The zero-order chi connectivity index (χ0) is 9.31. The summed E-state index contributed by atoms with van der Waals surface area (Å²) >= 11 is 0. The highest BCUT2D eigenvalue weighted by atomic mass is 16.4. The molecule has 0 aliphatic heterocycles. The number of rotatable bonds is 3. The van der Waals surface area contributed by atoms with E-state index >= 15 is 0 Å². The first-order valence-electron chi connectivity index (χ1n) is 5.45. The monoisotopic (exact) mass is 182 g/mol. The predicted molar refractivity (Wildman–Crippen MR) is 50.5 cm³/mol. The normalized spacial score (nSPS) is 30.3. The van der Waals surface area contributed by atoms with Crippen molar-refractivity contribution in [2.24, 2.45) is 11.3 Å². The Bertz CT molecular complexity index is 204. The van der Waals surface area contributed by atoms with Crippen LogP contribution < -0.4 is 0 Å². The summed E-state index contributed by atoms with van der Waals surface area (Å²) in [5.74, 6) is 0.127. The first kappa shape index (κ1) is 9.04. The van der Waals surface area contributed by atoms with Crippen LogP contribution in [0.2, 0.25) is 0 Å². The van der Waals surface area contributed by atoms with Crippen molar-refractivity contribution >= 4 is 5.97 Å². The highest BCUT2D eigenvalue weighted by molar-refractivity contribution is 5.66. The Kier molecular flexibility index (Phi) is 2.31. The second kappa shape index (κ2) is 3.32. The standard InChI is InChI=1S/C11H18O2/c12-10(13)5-4-9-8-11(9)6-2-1-3-7-11/h9H,1-8H2,(H,12,13). The summed E-state index contributed by atoms with van der Waals surface area (Å²) in [5, 5.41) is 8.58. The summed E-state index contributed by atoms with van der Waals surface area (Å²) in [6.45, 7) is 0. The van der Waals surface area contributed by atoms with Gasteiger partial charge >= 0.3 is 5.97 Å². The molecule has 0 aromatic rings. The number of aliphatic carboxylic acids is 1. The van der Waals surface area contributed by atoms with Gasteiger partial charge in [0.05, 0.1) is 0 Å². The van der Waals surface area contributed by atoms with Gasteiger partial charge < -0.3 is 5.11 Å². The predicted octanol–water partition coefficient (Wildman–Crippen LogP) is 2.82. The van der Waals surface area contributed by atoms with Crippen LogP contribution in [0.5, 0.6) is 0 Å². The van der Waals surface area contributed by atoms with Crippen LogP contribution in [0.4, 0.5) is 0 Å². The highest BCUT2D eigenvalue weighted by Gasteiger charge is 2.52. The molecule has 2 aliphatic carbocycles. The summed E-state index contributed by atoms with van der Waals surface area (Å²) in [5.41, 5.74) is 0.619. The van der Waals surface area contributed by atoms with Crippen LogP contribution in [0.1, 0.15) is 51.4 Å². The van der Waals surface area contributed by atoms with Crippen molar-refractivity contribution < 1.29 is 9.90 Å². The van der Waals surface area contributed by atoms with Gasteiger partial charge in [0.1, 0.15) is 0 Å². The van der Waals surface area contributed by atoms with Gasteiger partial charge in [0.15, 0.2) is 0 Å². The molecular weight excluding hydrogens is 164 g/mol. The van der Waals surface area contributed by atoms with E-state index in [0.29, 0.717) is 11.8 Å². The van der Waals surface area contributed by atoms with Gasteiger partial charge in [0.25, 0.3) is 0 Å². The van der Waals surface area contributed by atoms with Gasteiger partial charge in [-0.25, -0.2) is 0 Å². The second-order valence-electron chi connectivity index (χ2n) is 4.76. The van der Waals surface area contributed by atoms with Gasteiger partial charge in [-0.05, 0) is 37.0 Å². The maximum atomic E-state index is 10.4. The number of hydrogen-bond donors (Lipinski definition) is 1. The molecule has 0 amide bonds. The second-order valence-corrected chi connectivity index (χ2v) is 4.76. The fourth-order valence-corrected chi connectivity index (χ4v) is 3.01. The summed E-state index contributed by atoms with van der Waals surface area (Å²) in [7, 11) is 0. The third-order valence-electron chi connectivity index (χ3n) is 3.91.